The second-order valence-corrected chi connectivity index (χ2v) is 5.55. The monoisotopic (exact) mass is 269 g/mol. The van der Waals surface area contributed by atoms with Crippen LogP contribution in [0.1, 0.15) is 30.5 Å². The molecule has 2 aromatic rings. The third-order valence-electron chi connectivity index (χ3n) is 3.18. The molecule has 2 nitrogen and oxygen atoms in total. The molecular formula is C18H23NO. The summed E-state index contributed by atoms with van der Waals surface area (Å²) in [7, 11) is 0. The highest BCUT2D eigenvalue weighted by Gasteiger charge is 2.04. The van der Waals surface area contributed by atoms with Crippen molar-refractivity contribution < 1.29 is 4.74 Å². The lowest BCUT2D eigenvalue weighted by atomic mass is 10.1. The van der Waals surface area contributed by atoms with Crippen LogP contribution in [0.3, 0.4) is 0 Å². The van der Waals surface area contributed by atoms with Crippen LogP contribution in [0.5, 0.6) is 11.5 Å². The second-order valence-electron chi connectivity index (χ2n) is 5.55. The summed E-state index contributed by atoms with van der Waals surface area (Å²) in [5, 5.41) is 3.43. The first-order valence-electron chi connectivity index (χ1n) is 7.12. The minimum atomic E-state index is 0.484. The van der Waals surface area contributed by atoms with E-state index in [0.29, 0.717) is 6.04 Å². The Kier molecular flexibility index (Phi) is 4.80. The minimum Gasteiger partial charge on any atom is -0.457 e. The van der Waals surface area contributed by atoms with Gasteiger partial charge >= 0.3 is 0 Å². The molecule has 0 unspecified atom stereocenters. The van der Waals surface area contributed by atoms with Crippen LogP contribution in [0.25, 0.3) is 0 Å². The number of aryl methyl sites for hydroxylation is 2. The van der Waals surface area contributed by atoms with Gasteiger partial charge in [-0.3, -0.25) is 0 Å². The van der Waals surface area contributed by atoms with Crippen molar-refractivity contribution in [3.05, 3.63) is 59.2 Å². The van der Waals surface area contributed by atoms with Crippen LogP contribution in [0.15, 0.2) is 42.5 Å². The number of benzene rings is 2. The molecule has 106 valence electrons. The predicted molar refractivity (Wildman–Crippen MR) is 84.4 cm³/mol. The molecule has 0 aliphatic carbocycles. The van der Waals surface area contributed by atoms with Gasteiger partial charge in [0.2, 0.25) is 0 Å². The zero-order valence-electron chi connectivity index (χ0n) is 12.7. The van der Waals surface area contributed by atoms with Gasteiger partial charge in [0, 0.05) is 12.6 Å². The molecule has 0 saturated carbocycles. The van der Waals surface area contributed by atoms with Gasteiger partial charge in [-0.05, 0) is 48.7 Å². The van der Waals surface area contributed by atoms with Gasteiger partial charge in [-0.15, -0.1) is 0 Å². The Morgan fingerprint density at radius 1 is 1.05 bits per heavy atom. The molecule has 0 aromatic heterocycles. The molecule has 2 heteroatoms. The van der Waals surface area contributed by atoms with Gasteiger partial charge in [0.05, 0.1) is 0 Å². The van der Waals surface area contributed by atoms with Crippen molar-refractivity contribution in [2.75, 3.05) is 0 Å². The summed E-state index contributed by atoms with van der Waals surface area (Å²) in [4.78, 5) is 0. The summed E-state index contributed by atoms with van der Waals surface area (Å²) in [6, 6.07) is 15.0. The van der Waals surface area contributed by atoms with Crippen LogP contribution in [0, 0.1) is 13.8 Å². The molecule has 0 aliphatic rings. The summed E-state index contributed by atoms with van der Waals surface area (Å²) in [5.74, 6) is 1.82. The summed E-state index contributed by atoms with van der Waals surface area (Å²) in [5.41, 5.74) is 3.60. The van der Waals surface area contributed by atoms with E-state index in [1.165, 1.54) is 11.1 Å². The average molecular weight is 269 g/mol. The maximum atomic E-state index is 6.01. The Balaban J connectivity index is 2.16. The van der Waals surface area contributed by atoms with Crippen molar-refractivity contribution >= 4 is 0 Å². The van der Waals surface area contributed by atoms with Crippen molar-refractivity contribution in [1.82, 2.24) is 5.32 Å². The number of rotatable bonds is 5. The van der Waals surface area contributed by atoms with E-state index >= 15 is 0 Å². The Bertz CT molecular complexity index is 575. The largest absolute Gasteiger partial charge is 0.457 e. The normalized spacial score (nSPS) is 10.8. The lowest BCUT2D eigenvalue weighted by molar-refractivity contribution is 0.477. The van der Waals surface area contributed by atoms with Crippen LogP contribution in [0.2, 0.25) is 0 Å². The lowest BCUT2D eigenvalue weighted by Gasteiger charge is -2.13. The molecule has 0 spiro atoms. The molecule has 0 amide bonds. The quantitative estimate of drug-likeness (QED) is 0.857. The third kappa shape index (κ3) is 4.10. The van der Waals surface area contributed by atoms with Crippen molar-refractivity contribution in [2.45, 2.75) is 40.3 Å². The standard InChI is InChI=1S/C18H23NO/c1-13(2)19-12-16-9-8-15(4)18(11-16)20-17-7-5-6-14(3)10-17/h5-11,13,19H,12H2,1-4H3. The molecule has 0 heterocycles. The number of ether oxygens (including phenoxy) is 1. The Hall–Kier alpha value is -1.80. The van der Waals surface area contributed by atoms with Gasteiger partial charge in [0.15, 0.2) is 0 Å². The van der Waals surface area contributed by atoms with Crippen molar-refractivity contribution in [3.8, 4) is 11.5 Å². The van der Waals surface area contributed by atoms with E-state index in [4.69, 9.17) is 4.74 Å². The Morgan fingerprint density at radius 2 is 1.85 bits per heavy atom. The van der Waals surface area contributed by atoms with Gasteiger partial charge < -0.3 is 10.1 Å². The average Bonchev–Trinajstić information content (AvgIpc) is 2.39. The zero-order valence-corrected chi connectivity index (χ0v) is 12.7. The van der Waals surface area contributed by atoms with E-state index in [1.807, 2.05) is 12.1 Å². The van der Waals surface area contributed by atoms with Crippen LogP contribution in [-0.4, -0.2) is 6.04 Å². The van der Waals surface area contributed by atoms with Gasteiger partial charge in [0.1, 0.15) is 11.5 Å². The minimum absolute atomic E-state index is 0.484. The first kappa shape index (κ1) is 14.6. The summed E-state index contributed by atoms with van der Waals surface area (Å²) >= 11 is 0. The second kappa shape index (κ2) is 6.58. The maximum Gasteiger partial charge on any atom is 0.130 e. The molecule has 0 radical (unpaired) electrons. The number of nitrogens with one attached hydrogen (secondary N) is 1. The molecule has 1 N–H and O–H groups in total. The molecule has 2 rings (SSSR count). The summed E-state index contributed by atoms with van der Waals surface area (Å²) in [6.07, 6.45) is 0. The van der Waals surface area contributed by atoms with E-state index in [-0.39, 0.29) is 0 Å². The predicted octanol–water partition coefficient (Wildman–Crippen LogP) is 4.59. The highest BCUT2D eigenvalue weighted by molar-refractivity contribution is 5.40. The summed E-state index contributed by atoms with van der Waals surface area (Å²) in [6.45, 7) is 9.31. The zero-order chi connectivity index (χ0) is 14.5. The van der Waals surface area contributed by atoms with Crippen LogP contribution in [-0.2, 0) is 6.54 Å². The van der Waals surface area contributed by atoms with Gasteiger partial charge in [-0.25, -0.2) is 0 Å². The molecule has 0 fully saturated rings. The fourth-order valence-corrected chi connectivity index (χ4v) is 1.99. The van der Waals surface area contributed by atoms with Gasteiger partial charge in [-0.1, -0.05) is 38.1 Å². The van der Waals surface area contributed by atoms with Gasteiger partial charge in [0.25, 0.3) is 0 Å². The topological polar surface area (TPSA) is 21.3 Å². The first-order chi connectivity index (χ1) is 9.54. The van der Waals surface area contributed by atoms with E-state index in [2.05, 4.69) is 63.3 Å². The molecule has 0 saturated heterocycles. The van der Waals surface area contributed by atoms with Crippen molar-refractivity contribution in [2.24, 2.45) is 0 Å². The number of hydrogen-bond donors (Lipinski definition) is 1. The fraction of sp³-hybridized carbons (Fsp3) is 0.333. The lowest BCUT2D eigenvalue weighted by Crippen LogP contribution is -2.21. The first-order valence-corrected chi connectivity index (χ1v) is 7.12. The smallest absolute Gasteiger partial charge is 0.130 e. The van der Waals surface area contributed by atoms with E-state index in [9.17, 15) is 0 Å². The van der Waals surface area contributed by atoms with Gasteiger partial charge in [-0.2, -0.15) is 0 Å². The van der Waals surface area contributed by atoms with E-state index in [1.54, 1.807) is 0 Å². The summed E-state index contributed by atoms with van der Waals surface area (Å²) < 4.78 is 6.01. The molecule has 0 bridgehead atoms. The molecule has 2 aromatic carbocycles. The Morgan fingerprint density at radius 3 is 2.55 bits per heavy atom. The molecule has 0 aliphatic heterocycles. The molecule has 20 heavy (non-hydrogen) atoms. The SMILES string of the molecule is Cc1cccc(Oc2cc(CNC(C)C)ccc2C)c1. The van der Waals surface area contributed by atoms with Crippen LogP contribution in [0.4, 0.5) is 0 Å². The van der Waals surface area contributed by atoms with E-state index in [0.717, 1.165) is 23.6 Å². The van der Waals surface area contributed by atoms with Crippen LogP contribution < -0.4 is 10.1 Å². The van der Waals surface area contributed by atoms with E-state index < -0.39 is 0 Å². The third-order valence-corrected chi connectivity index (χ3v) is 3.18. The van der Waals surface area contributed by atoms with Crippen molar-refractivity contribution in [3.63, 3.8) is 0 Å². The molecule has 0 atom stereocenters. The van der Waals surface area contributed by atoms with Crippen LogP contribution >= 0.6 is 0 Å². The van der Waals surface area contributed by atoms with Crippen molar-refractivity contribution in [1.29, 1.82) is 0 Å². The number of hydrogen-bond acceptors (Lipinski definition) is 2. The highest BCUT2D eigenvalue weighted by Crippen LogP contribution is 2.26. The maximum absolute atomic E-state index is 6.01. The fourth-order valence-electron chi connectivity index (χ4n) is 1.99. The Labute approximate surface area is 121 Å². The highest BCUT2D eigenvalue weighted by atomic mass is 16.5. The molecular weight excluding hydrogens is 246 g/mol.